The number of hydrogen-bond donors (Lipinski definition) is 0. The molecule has 0 aliphatic carbocycles. The van der Waals surface area contributed by atoms with Gasteiger partial charge in [0.1, 0.15) is 11.5 Å². The molecule has 3 rings (SSSR count). The average Bonchev–Trinajstić information content (AvgIpc) is 2.90. The Kier molecular flexibility index (Phi) is 5.32. The van der Waals surface area contributed by atoms with E-state index in [1.807, 2.05) is 18.2 Å². The van der Waals surface area contributed by atoms with E-state index in [-0.39, 0.29) is 5.91 Å². The van der Waals surface area contributed by atoms with Gasteiger partial charge in [0.05, 0.1) is 24.8 Å². The van der Waals surface area contributed by atoms with Gasteiger partial charge in [-0.15, -0.1) is 0 Å². The van der Waals surface area contributed by atoms with E-state index in [0.717, 1.165) is 5.56 Å². The second kappa shape index (κ2) is 7.47. The predicted molar refractivity (Wildman–Crippen MR) is 107 cm³/mol. The van der Waals surface area contributed by atoms with Crippen LogP contribution in [0.3, 0.4) is 0 Å². The van der Waals surface area contributed by atoms with Gasteiger partial charge in [-0.05, 0) is 29.8 Å². The molecule has 1 fully saturated rings. The summed E-state index contributed by atoms with van der Waals surface area (Å²) in [5.74, 6) is 0.936. The number of benzene rings is 2. The van der Waals surface area contributed by atoms with Crippen molar-refractivity contribution < 1.29 is 14.3 Å². The number of carbonyl (C=O) groups is 1. The molecule has 0 N–H and O–H groups in total. The lowest BCUT2D eigenvalue weighted by Crippen LogP contribution is -2.27. The first kappa shape index (κ1) is 17.8. The number of amides is 1. The van der Waals surface area contributed by atoms with Gasteiger partial charge in [-0.1, -0.05) is 53.8 Å². The molecule has 128 valence electrons. The summed E-state index contributed by atoms with van der Waals surface area (Å²) < 4.78 is 11.0. The van der Waals surface area contributed by atoms with Crippen LogP contribution in [0.5, 0.6) is 11.5 Å². The monoisotopic (exact) mass is 391 g/mol. The Morgan fingerprint density at radius 2 is 1.92 bits per heavy atom. The summed E-state index contributed by atoms with van der Waals surface area (Å²) in [6.07, 6.45) is 1.75. The number of thioether (sulfide) groups is 1. The van der Waals surface area contributed by atoms with Crippen molar-refractivity contribution in [1.29, 1.82) is 0 Å². The van der Waals surface area contributed by atoms with Crippen LogP contribution in [0.15, 0.2) is 47.4 Å². The molecule has 1 amide bonds. The number of anilines is 1. The number of halogens is 1. The van der Waals surface area contributed by atoms with Crippen LogP contribution < -0.4 is 14.4 Å². The molecular weight excluding hydrogens is 378 g/mol. The third-order valence-corrected chi connectivity index (χ3v) is 5.26. The Hall–Kier alpha value is -2.02. The maximum absolute atomic E-state index is 12.9. The van der Waals surface area contributed by atoms with E-state index in [1.165, 1.54) is 23.8 Å². The van der Waals surface area contributed by atoms with Crippen molar-refractivity contribution in [3.8, 4) is 11.5 Å². The smallest absolute Gasteiger partial charge is 0.270 e. The number of methoxy groups -OCH3 is 2. The van der Waals surface area contributed by atoms with Gasteiger partial charge < -0.3 is 9.47 Å². The Balaban J connectivity index is 1.99. The van der Waals surface area contributed by atoms with Crippen LogP contribution in [0, 0.1) is 0 Å². The third kappa shape index (κ3) is 3.51. The molecule has 1 aliphatic heterocycles. The number of nitrogens with zero attached hydrogens (tertiary/aromatic N) is 1. The number of ether oxygens (including phenoxy) is 2. The first-order valence-electron chi connectivity index (χ1n) is 7.29. The zero-order chi connectivity index (χ0) is 18.0. The largest absolute Gasteiger partial charge is 0.497 e. The summed E-state index contributed by atoms with van der Waals surface area (Å²) in [5, 5.41) is 0.579. The Labute approximate surface area is 160 Å². The van der Waals surface area contributed by atoms with E-state index in [0.29, 0.717) is 31.4 Å². The first-order valence-corrected chi connectivity index (χ1v) is 8.90. The predicted octanol–water partition coefficient (Wildman–Crippen LogP) is 4.76. The standard InChI is InChI=1S/C18H14ClNO3S2/c1-22-12-7-8-14(15(10-12)23-2)20-17(21)16(25-18(20)24)9-11-5-3-4-6-13(11)19/h3-10H,1-2H3/b16-9-. The van der Waals surface area contributed by atoms with Crippen LogP contribution in [0.2, 0.25) is 5.02 Å². The third-order valence-electron chi connectivity index (χ3n) is 3.61. The quantitative estimate of drug-likeness (QED) is 0.554. The topological polar surface area (TPSA) is 38.8 Å². The Bertz CT molecular complexity index is 882. The van der Waals surface area contributed by atoms with E-state index in [9.17, 15) is 4.79 Å². The summed E-state index contributed by atoms with van der Waals surface area (Å²) >= 11 is 12.8. The van der Waals surface area contributed by atoms with Gasteiger partial charge in [0.2, 0.25) is 0 Å². The van der Waals surface area contributed by atoms with Gasteiger partial charge in [-0.3, -0.25) is 9.69 Å². The molecule has 7 heteroatoms. The molecule has 2 aromatic carbocycles. The molecular formula is C18H14ClNO3S2. The molecule has 0 aromatic heterocycles. The zero-order valence-electron chi connectivity index (χ0n) is 13.5. The van der Waals surface area contributed by atoms with Crippen molar-refractivity contribution >= 4 is 57.6 Å². The summed E-state index contributed by atoms with van der Waals surface area (Å²) in [6, 6.07) is 12.6. The number of thiocarbonyl (C=S) groups is 1. The van der Waals surface area contributed by atoms with E-state index in [1.54, 1.807) is 37.5 Å². The number of carbonyl (C=O) groups excluding carboxylic acids is 1. The summed E-state index contributed by atoms with van der Waals surface area (Å²) in [5.41, 5.74) is 1.35. The fourth-order valence-corrected chi connectivity index (χ4v) is 3.84. The molecule has 0 atom stereocenters. The van der Waals surface area contributed by atoms with Gasteiger partial charge >= 0.3 is 0 Å². The zero-order valence-corrected chi connectivity index (χ0v) is 15.9. The van der Waals surface area contributed by atoms with Crippen LogP contribution in [0.25, 0.3) is 6.08 Å². The molecule has 1 saturated heterocycles. The van der Waals surface area contributed by atoms with Gasteiger partial charge in [-0.25, -0.2) is 0 Å². The maximum atomic E-state index is 12.9. The first-order chi connectivity index (χ1) is 12.0. The van der Waals surface area contributed by atoms with Crippen LogP contribution in [-0.4, -0.2) is 24.4 Å². The second-order valence-corrected chi connectivity index (χ2v) is 7.16. The summed E-state index contributed by atoms with van der Waals surface area (Å²) in [4.78, 5) is 14.8. The fraction of sp³-hybridized carbons (Fsp3) is 0.111. The van der Waals surface area contributed by atoms with Crippen LogP contribution in [-0.2, 0) is 4.79 Å². The van der Waals surface area contributed by atoms with Crippen LogP contribution in [0.1, 0.15) is 5.56 Å². The van der Waals surface area contributed by atoms with Gasteiger partial charge in [-0.2, -0.15) is 0 Å². The Morgan fingerprint density at radius 1 is 1.16 bits per heavy atom. The van der Waals surface area contributed by atoms with E-state index in [2.05, 4.69) is 0 Å². The molecule has 0 bridgehead atoms. The maximum Gasteiger partial charge on any atom is 0.270 e. The Morgan fingerprint density at radius 3 is 2.60 bits per heavy atom. The lowest BCUT2D eigenvalue weighted by Gasteiger charge is -2.18. The van der Waals surface area contributed by atoms with Crippen molar-refractivity contribution in [2.75, 3.05) is 19.1 Å². The lowest BCUT2D eigenvalue weighted by molar-refractivity contribution is -0.113. The van der Waals surface area contributed by atoms with Crippen LogP contribution >= 0.6 is 35.6 Å². The average molecular weight is 392 g/mol. The lowest BCUT2D eigenvalue weighted by atomic mass is 10.2. The highest BCUT2D eigenvalue weighted by Crippen LogP contribution is 2.41. The summed E-state index contributed by atoms with van der Waals surface area (Å²) in [6.45, 7) is 0. The molecule has 0 radical (unpaired) electrons. The van der Waals surface area contributed by atoms with E-state index in [4.69, 9.17) is 33.3 Å². The van der Waals surface area contributed by atoms with Crippen molar-refractivity contribution in [2.45, 2.75) is 0 Å². The molecule has 25 heavy (non-hydrogen) atoms. The highest BCUT2D eigenvalue weighted by molar-refractivity contribution is 8.27. The SMILES string of the molecule is COc1ccc(N2C(=O)/C(=C/c3ccccc3Cl)SC2=S)c(OC)c1. The van der Waals surface area contributed by atoms with Crippen molar-refractivity contribution in [3.63, 3.8) is 0 Å². The minimum absolute atomic E-state index is 0.210. The molecule has 4 nitrogen and oxygen atoms in total. The number of hydrogen-bond acceptors (Lipinski definition) is 5. The molecule has 1 heterocycles. The number of rotatable bonds is 4. The molecule has 0 unspecified atom stereocenters. The highest BCUT2D eigenvalue weighted by atomic mass is 35.5. The van der Waals surface area contributed by atoms with Gasteiger partial charge in [0.25, 0.3) is 5.91 Å². The minimum Gasteiger partial charge on any atom is -0.497 e. The van der Waals surface area contributed by atoms with Gasteiger partial charge in [0, 0.05) is 11.1 Å². The molecule has 1 aliphatic rings. The van der Waals surface area contributed by atoms with Crippen molar-refractivity contribution in [2.24, 2.45) is 0 Å². The van der Waals surface area contributed by atoms with Gasteiger partial charge in [0.15, 0.2) is 4.32 Å². The fourth-order valence-electron chi connectivity index (χ4n) is 2.38. The minimum atomic E-state index is -0.210. The normalized spacial score (nSPS) is 15.8. The highest BCUT2D eigenvalue weighted by Gasteiger charge is 2.35. The van der Waals surface area contributed by atoms with E-state index < -0.39 is 0 Å². The molecule has 2 aromatic rings. The summed E-state index contributed by atoms with van der Waals surface area (Å²) in [7, 11) is 3.11. The molecule has 0 spiro atoms. The van der Waals surface area contributed by atoms with E-state index >= 15 is 0 Å². The van der Waals surface area contributed by atoms with Crippen LogP contribution in [0.4, 0.5) is 5.69 Å². The molecule has 0 saturated carbocycles. The van der Waals surface area contributed by atoms with Crippen molar-refractivity contribution in [1.82, 2.24) is 0 Å². The van der Waals surface area contributed by atoms with Crippen molar-refractivity contribution in [3.05, 3.63) is 58.0 Å². The second-order valence-electron chi connectivity index (χ2n) is 5.08.